The van der Waals surface area contributed by atoms with Crippen molar-refractivity contribution >= 4 is 21.8 Å². The maximum Gasteiger partial charge on any atom is 2.00 e. The van der Waals surface area contributed by atoms with E-state index in [4.69, 9.17) is 14.8 Å². The molecule has 0 aliphatic carbocycles. The Morgan fingerprint density at radius 3 is 2.16 bits per heavy atom. The van der Waals surface area contributed by atoms with E-state index in [-0.39, 0.29) is 20.4 Å². The first-order chi connectivity index (χ1) is 24.2. The van der Waals surface area contributed by atoms with Gasteiger partial charge in [0.15, 0.2) is 0 Å². The van der Waals surface area contributed by atoms with Crippen LogP contribution in [0.3, 0.4) is 0 Å². The molecule has 7 aromatic rings. The molecule has 0 bridgehead atoms. The maximum atomic E-state index is 6.61. The van der Waals surface area contributed by atoms with Crippen LogP contribution in [-0.4, -0.2) is 19.3 Å². The van der Waals surface area contributed by atoms with Gasteiger partial charge in [0.25, 0.3) is 0 Å². The molecule has 0 aliphatic rings. The minimum atomic E-state index is 0. The molecule has 4 aromatic carbocycles. The second kappa shape index (κ2) is 15.4. The van der Waals surface area contributed by atoms with Gasteiger partial charge in [-0.05, 0) is 105 Å². The van der Waals surface area contributed by atoms with Crippen LogP contribution in [0.15, 0.2) is 79.0 Å². The Bertz CT molecular complexity index is 2320. The van der Waals surface area contributed by atoms with E-state index < -0.39 is 0 Å². The van der Waals surface area contributed by atoms with Crippen molar-refractivity contribution in [1.29, 1.82) is 0 Å². The van der Waals surface area contributed by atoms with Gasteiger partial charge in [-0.1, -0.05) is 75.0 Å². The minimum Gasteiger partial charge on any atom is -0.509 e. The van der Waals surface area contributed by atoms with E-state index in [1.54, 1.807) is 0 Å². The Kier molecular flexibility index (Phi) is 11.0. The second-order valence-corrected chi connectivity index (χ2v) is 13.8. The summed E-state index contributed by atoms with van der Waals surface area (Å²) in [7, 11) is 0. The molecule has 0 fully saturated rings. The summed E-state index contributed by atoms with van der Waals surface area (Å²) in [6.07, 6.45) is 8.16. The van der Waals surface area contributed by atoms with Gasteiger partial charge in [0, 0.05) is 34.5 Å². The SMILES string of the molecule is CCCCc1nn(-c2[c-]c(Oc3[c-]c4c(cc3)c3ccccc3n4-c3cc(C)ccn3)cc(C)c2)c(CCCC)c1-c1c(C)cc(C)cc1C.[Pd+2]. The number of fused-ring (bicyclic) bond motifs is 3. The number of ether oxygens (including phenoxy) is 1. The van der Waals surface area contributed by atoms with Gasteiger partial charge < -0.3 is 9.30 Å². The number of nitrogens with zero attached hydrogens (tertiary/aromatic N) is 4. The van der Waals surface area contributed by atoms with Gasteiger partial charge in [-0.3, -0.25) is 4.68 Å². The molecule has 0 spiro atoms. The Hall–Kier alpha value is -4.50. The predicted molar refractivity (Wildman–Crippen MR) is 206 cm³/mol. The van der Waals surface area contributed by atoms with E-state index in [1.165, 1.54) is 39.2 Å². The number of para-hydroxylation sites is 1. The molecule has 5 nitrogen and oxygen atoms in total. The molecule has 0 aliphatic heterocycles. The number of hydrogen-bond donors (Lipinski definition) is 0. The Labute approximate surface area is 316 Å². The zero-order chi connectivity index (χ0) is 34.9. The average Bonchev–Trinajstić information content (AvgIpc) is 3.60. The van der Waals surface area contributed by atoms with Crippen LogP contribution in [-0.2, 0) is 33.3 Å². The number of rotatable bonds is 11. The van der Waals surface area contributed by atoms with Crippen LogP contribution in [0.2, 0.25) is 0 Å². The number of aromatic nitrogens is 4. The minimum absolute atomic E-state index is 0. The molecule has 3 heterocycles. The van der Waals surface area contributed by atoms with Gasteiger partial charge in [-0.25, -0.2) is 4.98 Å². The van der Waals surface area contributed by atoms with E-state index in [9.17, 15) is 0 Å². The van der Waals surface area contributed by atoms with Crippen LogP contribution in [0.1, 0.15) is 78.7 Å². The summed E-state index contributed by atoms with van der Waals surface area (Å²) in [5.41, 5.74) is 14.1. The van der Waals surface area contributed by atoms with Crippen molar-refractivity contribution in [3.8, 4) is 34.1 Å². The molecular formula is C45H46N4OPd. The van der Waals surface area contributed by atoms with Crippen LogP contribution < -0.4 is 4.74 Å². The average molecular weight is 765 g/mol. The van der Waals surface area contributed by atoms with E-state index in [0.29, 0.717) is 11.5 Å². The molecule has 6 heteroatoms. The molecule has 0 N–H and O–H groups in total. The predicted octanol–water partition coefficient (Wildman–Crippen LogP) is 11.6. The van der Waals surface area contributed by atoms with Crippen LogP contribution in [0.4, 0.5) is 0 Å². The quantitative estimate of drug-likeness (QED) is 0.0973. The molecule has 0 amide bonds. The van der Waals surface area contributed by atoms with Crippen molar-refractivity contribution in [2.75, 3.05) is 0 Å². The van der Waals surface area contributed by atoms with Crippen molar-refractivity contribution in [2.45, 2.75) is 87.0 Å². The van der Waals surface area contributed by atoms with Crippen LogP contribution in [0, 0.1) is 46.8 Å². The Morgan fingerprint density at radius 1 is 0.686 bits per heavy atom. The smallest absolute Gasteiger partial charge is 0.509 e. The van der Waals surface area contributed by atoms with Gasteiger partial charge >= 0.3 is 20.4 Å². The largest absolute Gasteiger partial charge is 2.00 e. The van der Waals surface area contributed by atoms with Crippen molar-refractivity contribution < 1.29 is 25.2 Å². The van der Waals surface area contributed by atoms with Crippen molar-refractivity contribution in [1.82, 2.24) is 19.3 Å². The summed E-state index contributed by atoms with van der Waals surface area (Å²) >= 11 is 0. The Balaban J connectivity index is 0.00000448. The number of unbranched alkanes of at least 4 members (excludes halogenated alkanes) is 2. The fraction of sp³-hybridized carbons (Fsp3) is 0.289. The molecule has 0 atom stereocenters. The summed E-state index contributed by atoms with van der Waals surface area (Å²) < 4.78 is 10.9. The number of benzene rings is 4. The first-order valence-corrected chi connectivity index (χ1v) is 18.0. The number of hydrogen-bond acceptors (Lipinski definition) is 3. The summed E-state index contributed by atoms with van der Waals surface area (Å²) in [6, 6.07) is 32.7. The topological polar surface area (TPSA) is 44.9 Å². The van der Waals surface area contributed by atoms with Gasteiger partial charge in [0.1, 0.15) is 5.82 Å². The second-order valence-electron chi connectivity index (χ2n) is 13.8. The van der Waals surface area contributed by atoms with Crippen LogP contribution in [0.25, 0.3) is 44.4 Å². The maximum absolute atomic E-state index is 6.61. The van der Waals surface area contributed by atoms with E-state index in [2.05, 4.69) is 124 Å². The van der Waals surface area contributed by atoms with Gasteiger partial charge in [-0.15, -0.1) is 35.7 Å². The normalized spacial score (nSPS) is 11.4. The standard InChI is InChI=1S/C45H46N4O.Pd/c1-8-10-15-39-45(44-32(6)22-30(4)23-33(44)7)41(16-11-9-2)49(47-39)34-24-31(5)25-36(27-34)50-35-18-19-38-37-14-12-13-17-40(37)48(42(38)28-35)43-26-29(3)20-21-46-43;/h12-14,17-26H,8-11,15-16H2,1-7H3;/q-2;+2. The van der Waals surface area contributed by atoms with Gasteiger partial charge in [-0.2, -0.15) is 16.7 Å². The molecular weight excluding hydrogens is 719 g/mol. The number of aryl methyl sites for hydroxylation is 6. The van der Waals surface area contributed by atoms with E-state index in [1.807, 2.05) is 24.4 Å². The Morgan fingerprint density at radius 2 is 1.41 bits per heavy atom. The zero-order valence-corrected chi connectivity index (χ0v) is 32.3. The van der Waals surface area contributed by atoms with Gasteiger partial charge in [0.2, 0.25) is 0 Å². The first kappa shape index (κ1) is 36.3. The molecule has 262 valence electrons. The fourth-order valence-electron chi connectivity index (χ4n) is 7.42. The number of pyridine rings is 1. The summed E-state index contributed by atoms with van der Waals surface area (Å²) in [5.74, 6) is 2.13. The van der Waals surface area contributed by atoms with Crippen molar-refractivity contribution in [2.24, 2.45) is 0 Å². The van der Waals surface area contributed by atoms with E-state index >= 15 is 0 Å². The molecule has 0 unspecified atom stereocenters. The molecule has 0 saturated carbocycles. The first-order valence-electron chi connectivity index (χ1n) is 18.0. The van der Waals surface area contributed by atoms with Crippen LogP contribution in [0.5, 0.6) is 11.5 Å². The zero-order valence-electron chi connectivity index (χ0n) is 30.8. The third kappa shape index (κ3) is 7.18. The fourth-order valence-corrected chi connectivity index (χ4v) is 7.42. The van der Waals surface area contributed by atoms with Crippen LogP contribution >= 0.6 is 0 Å². The molecule has 0 radical (unpaired) electrons. The summed E-state index contributed by atoms with van der Waals surface area (Å²) in [5, 5.41) is 7.64. The van der Waals surface area contributed by atoms with E-state index in [0.717, 1.165) is 83.0 Å². The monoisotopic (exact) mass is 764 g/mol. The molecule has 0 saturated heterocycles. The third-order valence-electron chi connectivity index (χ3n) is 9.62. The molecule has 51 heavy (non-hydrogen) atoms. The summed E-state index contributed by atoms with van der Waals surface area (Å²) in [6.45, 7) is 15.4. The molecule has 7 rings (SSSR count). The summed E-state index contributed by atoms with van der Waals surface area (Å²) in [4.78, 5) is 4.73. The van der Waals surface area contributed by atoms with Crippen molar-refractivity contribution in [3.05, 3.63) is 130 Å². The third-order valence-corrected chi connectivity index (χ3v) is 9.62. The molecule has 3 aromatic heterocycles. The van der Waals surface area contributed by atoms with Crippen molar-refractivity contribution in [3.63, 3.8) is 0 Å². The van der Waals surface area contributed by atoms with Gasteiger partial charge in [0.05, 0.1) is 5.69 Å².